The number of nitrogens with zero attached hydrogens (tertiary/aromatic N) is 2. The number of hydrogen-bond acceptors (Lipinski definition) is 5. The fourth-order valence-electron chi connectivity index (χ4n) is 4.61. The number of allylic oxidation sites excluding steroid dienone is 2. The van der Waals surface area contributed by atoms with E-state index in [-0.39, 0.29) is 16.8 Å². The van der Waals surface area contributed by atoms with Gasteiger partial charge in [-0.2, -0.15) is 0 Å². The van der Waals surface area contributed by atoms with Crippen LogP contribution in [0, 0.1) is 5.41 Å². The van der Waals surface area contributed by atoms with Crippen LogP contribution >= 0.6 is 0 Å². The van der Waals surface area contributed by atoms with E-state index in [1.807, 2.05) is 31.2 Å². The number of benzene rings is 1. The van der Waals surface area contributed by atoms with Crippen molar-refractivity contribution in [3.05, 3.63) is 67.5 Å². The van der Waals surface area contributed by atoms with Gasteiger partial charge >= 0.3 is 5.69 Å². The first-order valence-corrected chi connectivity index (χ1v) is 10.2. The first-order valence-electron chi connectivity index (χ1n) is 10.2. The fourth-order valence-corrected chi connectivity index (χ4v) is 4.61. The second-order valence-corrected chi connectivity index (χ2v) is 8.86. The smallest absolute Gasteiger partial charge is 0.332 e. The van der Waals surface area contributed by atoms with Crippen LogP contribution in [0.5, 0.6) is 5.75 Å². The van der Waals surface area contributed by atoms with Gasteiger partial charge in [0.1, 0.15) is 11.6 Å². The van der Waals surface area contributed by atoms with Crippen LogP contribution in [0.1, 0.15) is 50.7 Å². The van der Waals surface area contributed by atoms with Crippen LogP contribution in [-0.2, 0) is 18.9 Å². The number of ether oxygens (including phenoxy) is 1. The van der Waals surface area contributed by atoms with E-state index in [1.54, 1.807) is 7.05 Å². The number of aromatic nitrogens is 2. The van der Waals surface area contributed by atoms with Crippen LogP contribution in [0.4, 0.5) is 5.82 Å². The van der Waals surface area contributed by atoms with Gasteiger partial charge in [0.2, 0.25) is 0 Å². The molecule has 0 amide bonds. The summed E-state index contributed by atoms with van der Waals surface area (Å²) in [6.45, 7) is 6.59. The molecular weight excluding hydrogens is 382 g/mol. The van der Waals surface area contributed by atoms with E-state index >= 15 is 0 Å². The third-order valence-electron chi connectivity index (χ3n) is 5.99. The number of fused-ring (bicyclic) bond motifs is 1. The Morgan fingerprint density at radius 2 is 1.73 bits per heavy atom. The number of rotatable bonds is 3. The summed E-state index contributed by atoms with van der Waals surface area (Å²) in [7, 11) is 3.11. The average molecular weight is 409 g/mol. The molecule has 1 atom stereocenters. The molecule has 0 spiro atoms. The number of Topliss-reactive ketones (excluding diaryl/α,β-unsaturated/α-hetero) is 1. The van der Waals surface area contributed by atoms with Gasteiger partial charge in [-0.25, -0.2) is 4.79 Å². The Labute approximate surface area is 175 Å². The Kier molecular flexibility index (Phi) is 4.71. The third-order valence-corrected chi connectivity index (χ3v) is 5.99. The first-order chi connectivity index (χ1) is 14.1. The molecule has 30 heavy (non-hydrogen) atoms. The molecule has 0 saturated carbocycles. The highest BCUT2D eigenvalue weighted by atomic mass is 16.5. The molecule has 0 fully saturated rings. The number of ketones is 1. The summed E-state index contributed by atoms with van der Waals surface area (Å²) in [5.41, 5.74) is 1.70. The van der Waals surface area contributed by atoms with Crippen molar-refractivity contribution in [1.29, 1.82) is 0 Å². The monoisotopic (exact) mass is 409 g/mol. The minimum Gasteiger partial charge on any atom is -0.494 e. The standard InChI is InChI=1S/C23H27N3O4/c1-6-30-14-9-7-13(8-10-14)17-18-15(11-23(2,3)12-16(18)27)24-20-19(17)21(28)26(5)22(29)25(20)4/h7-10,17,24H,6,11-12H2,1-5H3/t17-/m1/s1. The van der Waals surface area contributed by atoms with Crippen molar-refractivity contribution >= 4 is 11.6 Å². The second kappa shape index (κ2) is 7.00. The largest absolute Gasteiger partial charge is 0.494 e. The zero-order valence-corrected chi connectivity index (χ0v) is 18.0. The minimum absolute atomic E-state index is 0.0363. The van der Waals surface area contributed by atoms with Crippen molar-refractivity contribution in [2.75, 3.05) is 11.9 Å². The summed E-state index contributed by atoms with van der Waals surface area (Å²) in [5.74, 6) is 0.704. The summed E-state index contributed by atoms with van der Waals surface area (Å²) >= 11 is 0. The molecule has 2 aliphatic rings. The highest BCUT2D eigenvalue weighted by Crippen LogP contribution is 2.47. The van der Waals surface area contributed by atoms with E-state index in [1.165, 1.54) is 11.6 Å². The van der Waals surface area contributed by atoms with E-state index in [9.17, 15) is 14.4 Å². The molecule has 4 rings (SSSR count). The van der Waals surface area contributed by atoms with Gasteiger partial charge in [-0.3, -0.25) is 18.7 Å². The lowest BCUT2D eigenvalue weighted by Gasteiger charge is -2.39. The summed E-state index contributed by atoms with van der Waals surface area (Å²) < 4.78 is 8.10. The number of carbonyl (C=O) groups excluding carboxylic acids is 1. The Bertz CT molecular complexity index is 1180. The van der Waals surface area contributed by atoms with Crippen LogP contribution in [0.25, 0.3) is 0 Å². The highest BCUT2D eigenvalue weighted by molar-refractivity contribution is 6.01. The minimum atomic E-state index is -0.527. The molecule has 158 valence electrons. The molecule has 1 aromatic carbocycles. The van der Waals surface area contributed by atoms with Crippen molar-refractivity contribution in [1.82, 2.24) is 9.13 Å². The first kappa shape index (κ1) is 20.2. The molecule has 1 aromatic heterocycles. The zero-order valence-electron chi connectivity index (χ0n) is 18.0. The van der Waals surface area contributed by atoms with Gasteiger partial charge in [-0.15, -0.1) is 0 Å². The molecule has 0 saturated heterocycles. The van der Waals surface area contributed by atoms with E-state index in [2.05, 4.69) is 19.2 Å². The van der Waals surface area contributed by atoms with Crippen LogP contribution in [-0.4, -0.2) is 21.5 Å². The molecule has 1 aliphatic heterocycles. The summed E-state index contributed by atoms with van der Waals surface area (Å²) in [4.78, 5) is 39.0. The average Bonchev–Trinajstić information content (AvgIpc) is 2.69. The van der Waals surface area contributed by atoms with Crippen molar-refractivity contribution < 1.29 is 9.53 Å². The van der Waals surface area contributed by atoms with Crippen molar-refractivity contribution in [3.63, 3.8) is 0 Å². The van der Waals surface area contributed by atoms with E-state index in [0.29, 0.717) is 36.4 Å². The zero-order chi connectivity index (χ0) is 21.8. The summed E-state index contributed by atoms with van der Waals surface area (Å²) in [6.07, 6.45) is 1.09. The number of carbonyl (C=O) groups is 1. The molecule has 1 N–H and O–H groups in total. The van der Waals surface area contributed by atoms with Gasteiger partial charge in [-0.1, -0.05) is 26.0 Å². The molecule has 7 nitrogen and oxygen atoms in total. The molecular formula is C23H27N3O4. The predicted octanol–water partition coefficient (Wildman–Crippen LogP) is 2.68. The SMILES string of the molecule is CCOc1ccc([C@@H]2C3=C(CC(C)(C)CC3=O)Nc3c2c(=O)n(C)c(=O)n3C)cc1. The van der Waals surface area contributed by atoms with Crippen LogP contribution < -0.4 is 21.3 Å². The van der Waals surface area contributed by atoms with E-state index in [4.69, 9.17) is 4.74 Å². The van der Waals surface area contributed by atoms with Gasteiger partial charge < -0.3 is 10.1 Å². The normalized spacial score (nSPS) is 19.8. The lowest BCUT2D eigenvalue weighted by atomic mass is 9.69. The molecule has 0 radical (unpaired) electrons. The predicted molar refractivity (Wildman–Crippen MR) is 115 cm³/mol. The molecule has 7 heteroatoms. The van der Waals surface area contributed by atoms with Gasteiger partial charge in [0.25, 0.3) is 5.56 Å². The Morgan fingerprint density at radius 1 is 1.07 bits per heavy atom. The second-order valence-electron chi connectivity index (χ2n) is 8.86. The highest BCUT2D eigenvalue weighted by Gasteiger charge is 2.42. The number of nitrogens with one attached hydrogen (secondary N) is 1. The quantitative estimate of drug-likeness (QED) is 0.843. The topological polar surface area (TPSA) is 82.3 Å². The molecule has 2 heterocycles. The lowest BCUT2D eigenvalue weighted by Crippen LogP contribution is -2.45. The third kappa shape index (κ3) is 3.09. The van der Waals surface area contributed by atoms with Crippen LogP contribution in [0.3, 0.4) is 0 Å². The number of anilines is 1. The van der Waals surface area contributed by atoms with E-state index in [0.717, 1.165) is 21.6 Å². The molecule has 0 unspecified atom stereocenters. The van der Waals surface area contributed by atoms with Crippen molar-refractivity contribution in [3.8, 4) is 5.75 Å². The molecule has 0 bridgehead atoms. The molecule has 1 aliphatic carbocycles. The summed E-state index contributed by atoms with van der Waals surface area (Å²) in [5, 5.41) is 3.28. The van der Waals surface area contributed by atoms with Gasteiger partial charge in [0.15, 0.2) is 5.78 Å². The molecule has 2 aromatic rings. The van der Waals surface area contributed by atoms with Gasteiger partial charge in [0, 0.05) is 37.7 Å². The Balaban J connectivity index is 2.00. The van der Waals surface area contributed by atoms with E-state index < -0.39 is 11.6 Å². The van der Waals surface area contributed by atoms with Gasteiger partial charge in [-0.05, 0) is 36.5 Å². The fraction of sp³-hybridized carbons (Fsp3) is 0.435. The van der Waals surface area contributed by atoms with Crippen molar-refractivity contribution in [2.45, 2.75) is 39.5 Å². The lowest BCUT2D eigenvalue weighted by molar-refractivity contribution is -0.118. The Hall–Kier alpha value is -3.09. The van der Waals surface area contributed by atoms with Gasteiger partial charge in [0.05, 0.1) is 12.2 Å². The maximum atomic E-state index is 13.3. The Morgan fingerprint density at radius 3 is 2.37 bits per heavy atom. The maximum absolute atomic E-state index is 13.3. The van der Waals surface area contributed by atoms with Crippen LogP contribution in [0.15, 0.2) is 45.1 Å². The summed E-state index contributed by atoms with van der Waals surface area (Å²) in [6, 6.07) is 7.49. The number of hydrogen-bond donors (Lipinski definition) is 1. The maximum Gasteiger partial charge on any atom is 0.332 e. The van der Waals surface area contributed by atoms with Crippen LogP contribution in [0.2, 0.25) is 0 Å². The van der Waals surface area contributed by atoms with Crippen molar-refractivity contribution in [2.24, 2.45) is 19.5 Å².